The van der Waals surface area contributed by atoms with E-state index in [1.54, 1.807) is 50.9 Å². The number of hydrogen-bond acceptors (Lipinski definition) is 8. The maximum atomic E-state index is 13.5. The summed E-state index contributed by atoms with van der Waals surface area (Å²) < 4.78 is 1.55. The minimum atomic E-state index is -0.923. The summed E-state index contributed by atoms with van der Waals surface area (Å²) in [5.41, 5.74) is -0.396. The van der Waals surface area contributed by atoms with Crippen LogP contribution in [0.2, 0.25) is 10.0 Å². The van der Waals surface area contributed by atoms with E-state index in [0.29, 0.717) is 48.8 Å². The molecule has 1 fully saturated rings. The summed E-state index contributed by atoms with van der Waals surface area (Å²) in [6.07, 6.45) is 2.73. The molecular weight excluding hydrogens is 563 g/mol. The molecule has 0 radical (unpaired) electrons. The first kappa shape index (κ1) is 27.0. The Hall–Kier alpha value is -3.59. The first-order chi connectivity index (χ1) is 18.8. The number of likely N-dealkylation sites (tertiary alicyclic amines) is 1. The largest absolute Gasteiger partial charge is 0.501 e. The zero-order chi connectivity index (χ0) is 27.7. The molecule has 0 aliphatic carbocycles. The van der Waals surface area contributed by atoms with Gasteiger partial charge in [0, 0.05) is 38.1 Å². The van der Waals surface area contributed by atoms with E-state index in [-0.39, 0.29) is 39.6 Å². The lowest BCUT2D eigenvalue weighted by Gasteiger charge is -2.34. The van der Waals surface area contributed by atoms with Crippen molar-refractivity contribution in [2.45, 2.75) is 30.5 Å². The van der Waals surface area contributed by atoms with E-state index in [2.05, 4.69) is 16.0 Å². The topological polar surface area (TPSA) is 132 Å². The number of carbonyl (C=O) groups is 2. The van der Waals surface area contributed by atoms with Gasteiger partial charge in [-0.2, -0.15) is 10.2 Å². The molecule has 0 spiro atoms. The van der Waals surface area contributed by atoms with Crippen LogP contribution < -0.4 is 5.56 Å². The zero-order valence-electron chi connectivity index (χ0n) is 20.5. The van der Waals surface area contributed by atoms with Crippen LogP contribution in [0, 0.1) is 11.3 Å². The standard InChI is InChI=1S/C26H22Cl2N6O4S/c27-16-3-1-4-17(28)20(16)25(37)33-8-2-5-18(33)23-31-24(36)22(35)21-26(38)32(9-10-34(21)23)11-12-39-19-13-15(14-29)6-7-30-19/h1,3-4,6-7,13,18,35H,2,5,8-12H2. The number of nitriles is 1. The highest BCUT2D eigenvalue weighted by atomic mass is 35.5. The van der Waals surface area contributed by atoms with E-state index in [1.807, 2.05) is 0 Å². The van der Waals surface area contributed by atoms with E-state index < -0.39 is 23.3 Å². The van der Waals surface area contributed by atoms with Crippen molar-refractivity contribution in [3.05, 3.63) is 79.6 Å². The summed E-state index contributed by atoms with van der Waals surface area (Å²) in [5, 5.41) is 20.7. The van der Waals surface area contributed by atoms with Crippen molar-refractivity contribution in [1.82, 2.24) is 24.3 Å². The molecule has 2 aliphatic heterocycles. The predicted molar refractivity (Wildman–Crippen MR) is 145 cm³/mol. The first-order valence-electron chi connectivity index (χ1n) is 12.2. The first-order valence-corrected chi connectivity index (χ1v) is 13.9. The van der Waals surface area contributed by atoms with Gasteiger partial charge in [0.2, 0.25) is 5.75 Å². The molecule has 0 saturated carbocycles. The fraction of sp³-hybridized carbons (Fsp3) is 0.308. The molecule has 5 rings (SSSR count). The van der Waals surface area contributed by atoms with Crippen LogP contribution in [-0.4, -0.2) is 66.6 Å². The number of thioether (sulfide) groups is 1. The number of halogens is 2. The molecule has 1 atom stereocenters. The number of hydrogen-bond donors (Lipinski definition) is 1. The Morgan fingerprint density at radius 3 is 2.69 bits per heavy atom. The second-order valence-corrected chi connectivity index (χ2v) is 10.9. The van der Waals surface area contributed by atoms with Crippen LogP contribution in [0.25, 0.3) is 0 Å². The van der Waals surface area contributed by atoms with Gasteiger partial charge in [-0.15, -0.1) is 11.8 Å². The second-order valence-electron chi connectivity index (χ2n) is 9.01. The third kappa shape index (κ3) is 5.20. The van der Waals surface area contributed by atoms with E-state index in [1.165, 1.54) is 11.8 Å². The van der Waals surface area contributed by atoms with Gasteiger partial charge in [-0.1, -0.05) is 29.3 Å². The average molecular weight is 585 g/mol. The van der Waals surface area contributed by atoms with Crippen molar-refractivity contribution < 1.29 is 14.7 Å². The molecule has 2 amide bonds. The van der Waals surface area contributed by atoms with Gasteiger partial charge in [0.15, 0.2) is 5.69 Å². The number of amides is 2. The van der Waals surface area contributed by atoms with Gasteiger partial charge < -0.3 is 19.5 Å². The van der Waals surface area contributed by atoms with Crippen LogP contribution in [0.5, 0.6) is 5.75 Å². The molecule has 4 heterocycles. The molecule has 13 heteroatoms. The van der Waals surface area contributed by atoms with E-state index in [4.69, 9.17) is 28.5 Å². The van der Waals surface area contributed by atoms with Gasteiger partial charge in [0.05, 0.1) is 38.3 Å². The summed E-state index contributed by atoms with van der Waals surface area (Å²) in [5.74, 6) is -0.847. The van der Waals surface area contributed by atoms with Gasteiger partial charge in [0.25, 0.3) is 11.8 Å². The lowest BCUT2D eigenvalue weighted by atomic mass is 10.1. The third-order valence-electron chi connectivity index (χ3n) is 6.74. The maximum absolute atomic E-state index is 13.5. The average Bonchev–Trinajstić information content (AvgIpc) is 3.41. The van der Waals surface area contributed by atoms with Crippen LogP contribution in [0.3, 0.4) is 0 Å². The Kier molecular flexibility index (Phi) is 7.79. The van der Waals surface area contributed by atoms with Crippen molar-refractivity contribution in [3.8, 4) is 11.8 Å². The molecule has 200 valence electrons. The fourth-order valence-corrected chi connectivity index (χ4v) is 6.31. The second kappa shape index (κ2) is 11.3. The summed E-state index contributed by atoms with van der Waals surface area (Å²) in [6.45, 7) is 1.35. The minimum Gasteiger partial charge on any atom is -0.501 e. The molecule has 39 heavy (non-hydrogen) atoms. The van der Waals surface area contributed by atoms with Gasteiger partial charge >= 0.3 is 5.56 Å². The maximum Gasteiger partial charge on any atom is 0.315 e. The lowest BCUT2D eigenvalue weighted by Crippen LogP contribution is -2.45. The van der Waals surface area contributed by atoms with Gasteiger partial charge in [-0.25, -0.2) is 4.98 Å². The molecule has 10 nitrogen and oxygen atoms in total. The smallest absolute Gasteiger partial charge is 0.315 e. The number of carbonyl (C=O) groups excluding carboxylic acids is 2. The number of pyridine rings is 1. The minimum absolute atomic E-state index is 0.138. The third-order valence-corrected chi connectivity index (χ3v) is 8.27. The summed E-state index contributed by atoms with van der Waals surface area (Å²) in [6, 6.07) is 9.58. The Morgan fingerprint density at radius 2 is 1.95 bits per heavy atom. The van der Waals surface area contributed by atoms with Crippen molar-refractivity contribution in [3.63, 3.8) is 0 Å². The quantitative estimate of drug-likeness (QED) is 0.433. The Morgan fingerprint density at radius 1 is 1.18 bits per heavy atom. The van der Waals surface area contributed by atoms with Crippen molar-refractivity contribution in [2.24, 2.45) is 0 Å². The molecule has 2 aliphatic rings. The van der Waals surface area contributed by atoms with Crippen molar-refractivity contribution in [2.75, 3.05) is 25.4 Å². The highest BCUT2D eigenvalue weighted by molar-refractivity contribution is 7.99. The van der Waals surface area contributed by atoms with Crippen LogP contribution in [-0.2, 0) is 6.54 Å². The number of fused-ring (bicyclic) bond motifs is 1. The highest BCUT2D eigenvalue weighted by Crippen LogP contribution is 2.36. The Labute approximate surface area is 237 Å². The van der Waals surface area contributed by atoms with E-state index >= 15 is 0 Å². The fourth-order valence-electron chi connectivity index (χ4n) is 4.89. The molecule has 3 aromatic rings. The summed E-state index contributed by atoms with van der Waals surface area (Å²) in [4.78, 5) is 51.1. The van der Waals surface area contributed by atoms with Crippen LogP contribution in [0.1, 0.15) is 51.1 Å². The molecule has 2 aromatic heterocycles. The lowest BCUT2D eigenvalue weighted by molar-refractivity contribution is 0.0690. The summed E-state index contributed by atoms with van der Waals surface area (Å²) >= 11 is 14.0. The molecule has 0 bridgehead atoms. The van der Waals surface area contributed by atoms with Gasteiger partial charge in [0.1, 0.15) is 5.82 Å². The molecule has 1 unspecified atom stereocenters. The highest BCUT2D eigenvalue weighted by Gasteiger charge is 2.38. The van der Waals surface area contributed by atoms with Gasteiger partial charge in [-0.3, -0.25) is 14.4 Å². The molecule has 1 aromatic carbocycles. The number of rotatable bonds is 6. The Balaban J connectivity index is 1.40. The van der Waals surface area contributed by atoms with E-state index in [9.17, 15) is 19.5 Å². The Bertz CT molecular complexity index is 1550. The normalized spacial score (nSPS) is 16.7. The van der Waals surface area contributed by atoms with Gasteiger partial charge in [-0.05, 0) is 37.1 Å². The van der Waals surface area contributed by atoms with Crippen LogP contribution in [0.4, 0.5) is 0 Å². The van der Waals surface area contributed by atoms with Crippen LogP contribution in [0.15, 0.2) is 46.3 Å². The van der Waals surface area contributed by atoms with Crippen molar-refractivity contribution in [1.29, 1.82) is 5.26 Å². The SMILES string of the molecule is N#Cc1ccnc(SCCN2CCn3c(C4CCCN4C(=O)c4c(Cl)cccc4Cl)nc(=O)c(O)c3C2=O)c1. The van der Waals surface area contributed by atoms with Crippen molar-refractivity contribution >= 4 is 46.8 Å². The molecular formula is C26H22Cl2N6O4S. The summed E-state index contributed by atoms with van der Waals surface area (Å²) in [7, 11) is 0. The number of nitrogens with zero attached hydrogens (tertiary/aromatic N) is 6. The molecule has 1 N–H and O–H groups in total. The number of aromatic nitrogens is 3. The zero-order valence-corrected chi connectivity index (χ0v) is 22.8. The number of benzene rings is 1. The van der Waals surface area contributed by atoms with E-state index in [0.717, 1.165) is 0 Å². The number of aromatic hydroxyl groups is 1. The monoisotopic (exact) mass is 584 g/mol. The predicted octanol–water partition coefficient (Wildman–Crippen LogP) is 3.75. The molecule has 1 saturated heterocycles. The van der Waals surface area contributed by atoms with Crippen LogP contribution >= 0.6 is 35.0 Å².